The highest BCUT2D eigenvalue weighted by atomic mass is 28.3. The third-order valence-electron chi connectivity index (χ3n) is 10.6. The topological polar surface area (TPSA) is 33.5 Å². The standard InChI is InChI=1S/C48H36N4OSi/c1-50-45-26-13-14-27-46(45)52(53-50)37-18-15-23-40(33-37)54(38-19-7-3-8-20-38,39-21-9-4-10-22-39)41-28-29-43-42-24-11-12-25-44(42)51(47(43)34-41)48-32-36(30-31-49-48)35-16-5-2-6-17-35/h2-34H,1H3/i1D3. The van der Waals surface area contributed by atoms with Gasteiger partial charge in [0.2, 0.25) is 0 Å². The van der Waals surface area contributed by atoms with Crippen molar-refractivity contribution in [2.24, 2.45) is 0 Å². The van der Waals surface area contributed by atoms with Crippen molar-refractivity contribution in [3.63, 3.8) is 0 Å². The van der Waals surface area contributed by atoms with Gasteiger partial charge in [0.15, 0.2) is 8.07 Å². The molecule has 0 fully saturated rings. The van der Waals surface area contributed by atoms with Gasteiger partial charge in [-0.05, 0) is 80.4 Å². The van der Waals surface area contributed by atoms with Crippen molar-refractivity contribution in [1.29, 1.82) is 0 Å². The molecule has 1 aliphatic rings. The van der Waals surface area contributed by atoms with E-state index in [0.29, 0.717) is 11.4 Å². The highest BCUT2D eigenvalue weighted by molar-refractivity contribution is 7.20. The maximum atomic E-state index is 8.24. The van der Waals surface area contributed by atoms with Crippen molar-refractivity contribution in [2.75, 3.05) is 17.1 Å². The Morgan fingerprint density at radius 3 is 1.89 bits per heavy atom. The molecule has 0 bridgehead atoms. The highest BCUT2D eigenvalue weighted by Gasteiger charge is 2.42. The number of hydroxylamine groups is 1. The van der Waals surface area contributed by atoms with Crippen molar-refractivity contribution in [3.8, 4) is 16.9 Å². The van der Waals surface area contributed by atoms with Crippen LogP contribution in [0.1, 0.15) is 4.11 Å². The van der Waals surface area contributed by atoms with Crippen molar-refractivity contribution >= 4 is 67.7 Å². The summed E-state index contributed by atoms with van der Waals surface area (Å²) in [5.41, 5.74) is 6.26. The summed E-state index contributed by atoms with van der Waals surface area (Å²) < 4.78 is 27.0. The van der Waals surface area contributed by atoms with E-state index in [1.807, 2.05) is 36.5 Å². The van der Waals surface area contributed by atoms with Crippen LogP contribution in [-0.2, 0) is 4.94 Å². The summed E-state index contributed by atoms with van der Waals surface area (Å²) in [5, 5.41) is 9.69. The van der Waals surface area contributed by atoms with Gasteiger partial charge in [0.25, 0.3) is 0 Å². The number of hydrogen-bond donors (Lipinski definition) is 0. The first-order valence-electron chi connectivity index (χ1n) is 19.6. The van der Waals surface area contributed by atoms with Crippen LogP contribution in [0.2, 0.25) is 0 Å². The molecule has 0 spiro atoms. The summed E-state index contributed by atoms with van der Waals surface area (Å²) in [6, 6.07) is 67.5. The fraction of sp³-hybridized carbons (Fsp3) is 0.0208. The maximum absolute atomic E-state index is 8.24. The molecule has 5 nitrogen and oxygen atoms in total. The van der Waals surface area contributed by atoms with Gasteiger partial charge in [0.1, 0.15) is 5.82 Å². The number of aromatic nitrogens is 2. The van der Waals surface area contributed by atoms with Gasteiger partial charge in [0.05, 0.1) is 28.1 Å². The lowest BCUT2D eigenvalue weighted by Gasteiger charge is -2.35. The number of hydrogen-bond acceptors (Lipinski definition) is 4. The van der Waals surface area contributed by atoms with Crippen LogP contribution in [0.25, 0.3) is 38.8 Å². The molecule has 3 heterocycles. The molecule has 0 saturated heterocycles. The number of benzene rings is 7. The molecular weight excluding hydrogens is 677 g/mol. The first-order valence-corrected chi connectivity index (χ1v) is 20.1. The van der Waals surface area contributed by atoms with Crippen LogP contribution < -0.4 is 30.9 Å². The Kier molecular flexibility index (Phi) is 6.96. The average molecular weight is 716 g/mol. The second kappa shape index (κ2) is 13.0. The Hall–Kier alpha value is -6.73. The molecule has 0 saturated carbocycles. The quantitative estimate of drug-likeness (QED) is 0.122. The lowest BCUT2D eigenvalue weighted by atomic mass is 10.1. The molecule has 54 heavy (non-hydrogen) atoms. The summed E-state index contributed by atoms with van der Waals surface area (Å²) in [4.78, 5) is 11.2. The molecule has 9 aromatic rings. The number of pyridine rings is 1. The number of fused-ring (bicyclic) bond motifs is 4. The Morgan fingerprint density at radius 2 is 1.13 bits per heavy atom. The monoisotopic (exact) mass is 715 g/mol. The minimum atomic E-state index is -3.12. The van der Waals surface area contributed by atoms with Crippen LogP contribution in [0.15, 0.2) is 200 Å². The minimum absolute atomic E-state index is 0.487. The third-order valence-corrected chi connectivity index (χ3v) is 15.4. The minimum Gasteiger partial charge on any atom is -0.294 e. The van der Waals surface area contributed by atoms with Gasteiger partial charge in [-0.1, -0.05) is 146 Å². The fourth-order valence-corrected chi connectivity index (χ4v) is 13.0. The highest BCUT2D eigenvalue weighted by Crippen LogP contribution is 2.40. The predicted octanol–water partition coefficient (Wildman–Crippen LogP) is 8.66. The van der Waals surface area contributed by atoms with E-state index in [4.69, 9.17) is 14.0 Å². The van der Waals surface area contributed by atoms with Gasteiger partial charge < -0.3 is 0 Å². The van der Waals surface area contributed by atoms with Gasteiger partial charge >= 0.3 is 0 Å². The molecule has 0 unspecified atom stereocenters. The number of nitrogens with zero attached hydrogens (tertiary/aromatic N) is 4. The zero-order valence-corrected chi connectivity index (χ0v) is 30.2. The predicted molar refractivity (Wildman–Crippen MR) is 226 cm³/mol. The van der Waals surface area contributed by atoms with E-state index in [2.05, 4.69) is 162 Å². The summed E-state index contributed by atoms with van der Waals surface area (Å²) in [6.45, 7) is -2.50. The zero-order chi connectivity index (χ0) is 38.6. The lowest BCUT2D eigenvalue weighted by Crippen LogP contribution is -2.74. The van der Waals surface area contributed by atoms with Gasteiger partial charge in [-0.15, -0.1) is 4.94 Å². The van der Waals surface area contributed by atoms with Crippen LogP contribution in [0.4, 0.5) is 17.1 Å². The van der Waals surface area contributed by atoms with Gasteiger partial charge in [0, 0.05) is 28.1 Å². The lowest BCUT2D eigenvalue weighted by molar-refractivity contribution is 0.142. The van der Waals surface area contributed by atoms with E-state index < -0.39 is 15.0 Å². The molecule has 0 aliphatic carbocycles. The van der Waals surface area contributed by atoms with E-state index in [-0.39, 0.29) is 0 Å². The Balaban J connectivity index is 1.24. The first kappa shape index (κ1) is 28.8. The molecule has 0 amide bonds. The van der Waals surface area contributed by atoms with E-state index in [1.54, 1.807) is 11.1 Å². The summed E-state index contributed by atoms with van der Waals surface area (Å²) in [7, 11) is -3.12. The number of rotatable bonds is 7. The Labute approximate surface area is 319 Å². The van der Waals surface area contributed by atoms with Crippen LogP contribution in [-0.4, -0.2) is 24.6 Å². The van der Waals surface area contributed by atoms with E-state index in [0.717, 1.165) is 54.7 Å². The zero-order valence-electron chi connectivity index (χ0n) is 32.2. The molecule has 10 rings (SSSR count). The van der Waals surface area contributed by atoms with Crippen LogP contribution in [0.5, 0.6) is 0 Å². The molecule has 0 radical (unpaired) electrons. The summed E-state index contributed by atoms with van der Waals surface area (Å²) in [6.07, 6.45) is 1.90. The number of anilines is 3. The molecule has 0 atom stereocenters. The van der Waals surface area contributed by atoms with Crippen LogP contribution in [0, 0.1) is 0 Å². The first-order chi connectivity index (χ1) is 27.9. The summed E-state index contributed by atoms with van der Waals surface area (Å²) in [5.74, 6) is 0.844. The maximum Gasteiger partial charge on any atom is 0.179 e. The SMILES string of the molecule is [2H]C([2H])([2H])N1ON(c2cccc([Si](c3ccccc3)(c3ccccc3)c3ccc4c5ccccc5n(-c5cc(-c6ccccc6)ccn5)c4c3)c2)c2ccccc21. The van der Waals surface area contributed by atoms with E-state index in [9.17, 15) is 0 Å². The molecule has 7 aromatic carbocycles. The smallest absolute Gasteiger partial charge is 0.179 e. The third kappa shape index (κ3) is 5.07. The van der Waals surface area contributed by atoms with Crippen molar-refractivity contribution < 1.29 is 9.05 Å². The molecular formula is C48H36N4OSi. The molecule has 6 heteroatoms. The average Bonchev–Trinajstić information content (AvgIpc) is 3.82. The largest absolute Gasteiger partial charge is 0.294 e. The van der Waals surface area contributed by atoms with E-state index in [1.165, 1.54) is 15.6 Å². The van der Waals surface area contributed by atoms with Crippen LogP contribution >= 0.6 is 0 Å². The second-order valence-electron chi connectivity index (χ2n) is 13.5. The fourth-order valence-electron chi connectivity index (χ4n) is 8.21. The molecule has 258 valence electrons. The molecule has 0 N–H and O–H groups in total. The van der Waals surface area contributed by atoms with Gasteiger partial charge in [-0.25, -0.2) is 10.0 Å². The normalized spacial score (nSPS) is 13.8. The second-order valence-corrected chi connectivity index (χ2v) is 17.4. The molecule has 2 aromatic heterocycles. The van der Waals surface area contributed by atoms with Crippen LogP contribution in [0.3, 0.4) is 0 Å². The summed E-state index contributed by atoms with van der Waals surface area (Å²) >= 11 is 0. The van der Waals surface area contributed by atoms with Crippen molar-refractivity contribution in [2.45, 2.75) is 0 Å². The molecule has 1 aliphatic heterocycles. The van der Waals surface area contributed by atoms with Gasteiger partial charge in [-0.2, -0.15) is 5.06 Å². The van der Waals surface area contributed by atoms with E-state index >= 15 is 0 Å². The Bertz CT molecular complexity index is 2860. The Morgan fingerprint density at radius 1 is 0.500 bits per heavy atom. The number of para-hydroxylation sites is 3. The van der Waals surface area contributed by atoms with Crippen molar-refractivity contribution in [1.82, 2.24) is 9.55 Å². The van der Waals surface area contributed by atoms with Crippen molar-refractivity contribution in [3.05, 3.63) is 200 Å². The van der Waals surface area contributed by atoms with Gasteiger partial charge in [-0.3, -0.25) is 4.57 Å².